The molecule has 0 saturated heterocycles. The molecule has 4 nitrogen and oxygen atoms in total. The zero-order valence-electron chi connectivity index (χ0n) is 13.5. The first-order valence-corrected chi connectivity index (χ1v) is 8.80. The molecule has 0 saturated carbocycles. The fraction of sp³-hybridized carbons (Fsp3) is 0.333. The summed E-state index contributed by atoms with van der Waals surface area (Å²) in [5.41, 5.74) is 2.51. The van der Waals surface area contributed by atoms with E-state index in [2.05, 4.69) is 46.6 Å². The van der Waals surface area contributed by atoms with E-state index in [0.717, 1.165) is 47.8 Å². The minimum absolute atomic E-state index is 0.768. The lowest BCUT2D eigenvalue weighted by Gasteiger charge is -2.08. The van der Waals surface area contributed by atoms with Gasteiger partial charge in [0.05, 0.1) is 12.0 Å². The van der Waals surface area contributed by atoms with Gasteiger partial charge in [-0.05, 0) is 48.4 Å². The van der Waals surface area contributed by atoms with Gasteiger partial charge in [0.2, 0.25) is 0 Å². The van der Waals surface area contributed by atoms with Crippen LogP contribution in [0.15, 0.2) is 36.0 Å². The summed E-state index contributed by atoms with van der Waals surface area (Å²) in [5, 5.41) is 6.70. The molecule has 0 amide bonds. The molecule has 3 aromatic rings. The second kappa shape index (κ2) is 7.42. The van der Waals surface area contributed by atoms with Crippen molar-refractivity contribution in [2.45, 2.75) is 26.7 Å². The molecule has 0 aliphatic carbocycles. The average Bonchev–Trinajstić information content (AvgIpc) is 2.96. The lowest BCUT2D eigenvalue weighted by molar-refractivity contribution is 0.317. The van der Waals surface area contributed by atoms with Gasteiger partial charge in [-0.15, -0.1) is 11.3 Å². The molecule has 2 aromatic heterocycles. The summed E-state index contributed by atoms with van der Waals surface area (Å²) < 4.78 is 5.61. The molecule has 5 heteroatoms. The maximum atomic E-state index is 5.61. The number of nitrogens with one attached hydrogen (secondary N) is 1. The Morgan fingerprint density at radius 1 is 1.17 bits per heavy atom. The Morgan fingerprint density at radius 3 is 2.78 bits per heavy atom. The van der Waals surface area contributed by atoms with Gasteiger partial charge in [-0.3, -0.25) is 0 Å². The summed E-state index contributed by atoms with van der Waals surface area (Å²) in [4.78, 5) is 9.74. The van der Waals surface area contributed by atoms with Gasteiger partial charge in [0, 0.05) is 6.54 Å². The molecular weight excluding hydrogens is 306 g/mol. The van der Waals surface area contributed by atoms with E-state index in [1.165, 1.54) is 11.1 Å². The molecule has 0 aliphatic rings. The maximum Gasteiger partial charge on any atom is 0.138 e. The molecule has 1 N–H and O–H groups in total. The lowest BCUT2D eigenvalue weighted by atomic mass is 10.1. The van der Waals surface area contributed by atoms with Crippen LogP contribution in [0.2, 0.25) is 0 Å². The number of benzene rings is 1. The zero-order chi connectivity index (χ0) is 16.1. The highest BCUT2D eigenvalue weighted by atomic mass is 32.1. The Morgan fingerprint density at radius 2 is 2.00 bits per heavy atom. The number of hydrogen-bond acceptors (Lipinski definition) is 5. The van der Waals surface area contributed by atoms with Crippen LogP contribution in [-0.4, -0.2) is 23.1 Å². The number of thiophene rings is 1. The van der Waals surface area contributed by atoms with Gasteiger partial charge in [-0.1, -0.05) is 19.1 Å². The van der Waals surface area contributed by atoms with Crippen molar-refractivity contribution in [3.63, 3.8) is 0 Å². The van der Waals surface area contributed by atoms with E-state index in [4.69, 9.17) is 4.74 Å². The molecule has 0 bridgehead atoms. The molecular formula is C18H21N3OS. The maximum absolute atomic E-state index is 5.61. The van der Waals surface area contributed by atoms with Gasteiger partial charge in [0.1, 0.15) is 22.7 Å². The lowest BCUT2D eigenvalue weighted by Crippen LogP contribution is -2.07. The minimum Gasteiger partial charge on any atom is -0.494 e. The number of aryl methyl sites for hydroxylation is 1. The molecule has 1 aromatic carbocycles. The van der Waals surface area contributed by atoms with Crippen LogP contribution in [0.3, 0.4) is 0 Å². The van der Waals surface area contributed by atoms with Crippen molar-refractivity contribution in [1.82, 2.24) is 9.97 Å². The van der Waals surface area contributed by atoms with Gasteiger partial charge >= 0.3 is 0 Å². The third-order valence-corrected chi connectivity index (χ3v) is 4.66. The number of anilines is 1. The van der Waals surface area contributed by atoms with Gasteiger partial charge in [-0.25, -0.2) is 9.97 Å². The van der Waals surface area contributed by atoms with Crippen molar-refractivity contribution < 1.29 is 4.74 Å². The van der Waals surface area contributed by atoms with E-state index in [-0.39, 0.29) is 0 Å². The van der Waals surface area contributed by atoms with Crippen LogP contribution < -0.4 is 10.1 Å². The minimum atomic E-state index is 0.768. The fourth-order valence-electron chi connectivity index (χ4n) is 2.45. The van der Waals surface area contributed by atoms with Crippen LogP contribution in [0.5, 0.6) is 5.75 Å². The van der Waals surface area contributed by atoms with E-state index in [1.807, 2.05) is 12.1 Å². The number of aromatic nitrogens is 2. The quantitative estimate of drug-likeness (QED) is 0.697. The topological polar surface area (TPSA) is 47.0 Å². The Hall–Kier alpha value is -2.14. The summed E-state index contributed by atoms with van der Waals surface area (Å²) in [6.45, 7) is 5.82. The molecule has 0 spiro atoms. The molecule has 3 rings (SSSR count). The van der Waals surface area contributed by atoms with Gasteiger partial charge < -0.3 is 10.1 Å². The summed E-state index contributed by atoms with van der Waals surface area (Å²) in [6.07, 6.45) is 3.60. The van der Waals surface area contributed by atoms with E-state index in [1.54, 1.807) is 17.7 Å². The molecule has 0 radical (unpaired) electrons. The average molecular weight is 327 g/mol. The second-order valence-corrected chi connectivity index (χ2v) is 6.35. The highest BCUT2D eigenvalue weighted by Crippen LogP contribution is 2.28. The van der Waals surface area contributed by atoms with Crippen LogP contribution in [0.4, 0.5) is 5.82 Å². The Balaban J connectivity index is 1.59. The number of hydrogen-bond donors (Lipinski definition) is 1. The first-order valence-electron chi connectivity index (χ1n) is 7.92. The molecule has 0 fully saturated rings. The first-order chi connectivity index (χ1) is 11.3. The van der Waals surface area contributed by atoms with E-state index in [0.29, 0.717) is 0 Å². The van der Waals surface area contributed by atoms with Crippen molar-refractivity contribution >= 4 is 27.4 Å². The zero-order valence-corrected chi connectivity index (χ0v) is 14.3. The Labute approximate surface area is 140 Å². The summed E-state index contributed by atoms with van der Waals surface area (Å²) >= 11 is 1.66. The number of nitrogens with zero attached hydrogens (tertiary/aromatic N) is 2. The van der Waals surface area contributed by atoms with Gasteiger partial charge in [-0.2, -0.15) is 0 Å². The Kier molecular flexibility index (Phi) is 5.08. The summed E-state index contributed by atoms with van der Waals surface area (Å²) in [7, 11) is 0. The molecule has 2 heterocycles. The number of ether oxygens (including phenoxy) is 1. The largest absolute Gasteiger partial charge is 0.494 e. The molecule has 0 aliphatic heterocycles. The SMILES string of the molecule is CCCOc1ccc(CCNc2ncnc3scc(C)c23)cc1. The summed E-state index contributed by atoms with van der Waals surface area (Å²) in [6, 6.07) is 8.32. The molecule has 23 heavy (non-hydrogen) atoms. The smallest absolute Gasteiger partial charge is 0.138 e. The van der Waals surface area contributed by atoms with E-state index >= 15 is 0 Å². The summed E-state index contributed by atoms with van der Waals surface area (Å²) in [5.74, 6) is 1.87. The number of fused-ring (bicyclic) bond motifs is 1. The van der Waals surface area contributed by atoms with Crippen LogP contribution in [0.1, 0.15) is 24.5 Å². The van der Waals surface area contributed by atoms with Crippen LogP contribution in [-0.2, 0) is 6.42 Å². The van der Waals surface area contributed by atoms with Gasteiger partial charge in [0.25, 0.3) is 0 Å². The number of rotatable bonds is 7. The standard InChI is InChI=1S/C18H21N3OS/c1-3-10-22-15-6-4-14(5-7-15)8-9-19-17-16-13(2)11-23-18(16)21-12-20-17/h4-7,11-12H,3,8-10H2,1-2H3,(H,19,20,21). The molecule has 0 unspecified atom stereocenters. The predicted octanol–water partition coefficient (Wildman–Crippen LogP) is 4.44. The van der Waals surface area contributed by atoms with Crippen molar-refractivity contribution in [2.24, 2.45) is 0 Å². The van der Waals surface area contributed by atoms with E-state index < -0.39 is 0 Å². The van der Waals surface area contributed by atoms with Crippen LogP contribution >= 0.6 is 11.3 Å². The van der Waals surface area contributed by atoms with Crippen molar-refractivity contribution in [3.8, 4) is 5.75 Å². The van der Waals surface area contributed by atoms with Crippen molar-refractivity contribution in [3.05, 3.63) is 47.1 Å². The van der Waals surface area contributed by atoms with Crippen molar-refractivity contribution in [2.75, 3.05) is 18.5 Å². The van der Waals surface area contributed by atoms with Gasteiger partial charge in [0.15, 0.2) is 0 Å². The highest BCUT2D eigenvalue weighted by Gasteiger charge is 2.07. The van der Waals surface area contributed by atoms with Crippen LogP contribution in [0, 0.1) is 6.92 Å². The molecule has 120 valence electrons. The van der Waals surface area contributed by atoms with Crippen molar-refractivity contribution in [1.29, 1.82) is 0 Å². The highest BCUT2D eigenvalue weighted by molar-refractivity contribution is 7.17. The first kappa shape index (κ1) is 15.7. The molecule has 0 atom stereocenters. The van der Waals surface area contributed by atoms with E-state index in [9.17, 15) is 0 Å². The third-order valence-electron chi connectivity index (χ3n) is 3.66. The monoisotopic (exact) mass is 327 g/mol. The normalized spacial score (nSPS) is 10.9. The van der Waals surface area contributed by atoms with Crippen LogP contribution in [0.25, 0.3) is 10.2 Å². The fourth-order valence-corrected chi connectivity index (χ4v) is 3.34. The third kappa shape index (κ3) is 3.79. The Bertz CT molecular complexity index is 768. The second-order valence-electron chi connectivity index (χ2n) is 5.49. The predicted molar refractivity (Wildman–Crippen MR) is 96.6 cm³/mol.